The van der Waals surface area contributed by atoms with Gasteiger partial charge in [0.15, 0.2) is 0 Å². The predicted molar refractivity (Wildman–Crippen MR) is 339 cm³/mol. The molecule has 0 aromatic heterocycles. The van der Waals surface area contributed by atoms with E-state index in [9.17, 15) is 5.26 Å². The zero-order valence-electron chi connectivity index (χ0n) is 45.1. The van der Waals surface area contributed by atoms with Gasteiger partial charge < -0.3 is 9.80 Å². The first-order chi connectivity index (χ1) is 39.6. The molecule has 2 aliphatic rings. The first-order valence-corrected chi connectivity index (χ1v) is 28.7. The van der Waals surface area contributed by atoms with Gasteiger partial charge in [-0.25, -0.2) is 4.85 Å². The van der Waals surface area contributed by atoms with E-state index in [4.69, 9.17) is 6.57 Å². The van der Waals surface area contributed by atoms with Gasteiger partial charge in [0, 0.05) is 33.5 Å². The van der Waals surface area contributed by atoms with Crippen molar-refractivity contribution in [1.82, 2.24) is 0 Å². The fourth-order valence-corrected chi connectivity index (χ4v) is 12.9. The third-order valence-electron chi connectivity index (χ3n) is 17.1. The standard InChI is InChI=1S/C76H62N4/c1-78-76-70-49-35-55(28-26-53-30-40-63(41-31-53)79(74-24-12-20-61-18-8-10-22-67(61)74)65-44-36-59(37-45-65)57-14-4-2-5-15-57)50-71(70)73(52-77)69-48-34-56(51-72(69)76)29-27-54-32-42-64(43-33-54)80(75-25-13-21-62-19-9-11-23-68(62)75)66-46-38-60(39-47-66)58-16-6-3-7-17-58/h8-13,18-51,57-58H,2-7,14-17H2. The number of nitriles is 1. The van der Waals surface area contributed by atoms with Crippen molar-refractivity contribution in [3.63, 3.8) is 0 Å². The van der Waals surface area contributed by atoms with Crippen molar-refractivity contribution in [3.8, 4) is 6.07 Å². The lowest BCUT2D eigenvalue weighted by Crippen LogP contribution is -2.11. The molecule has 11 aromatic carbocycles. The average Bonchev–Trinajstić information content (AvgIpc) is 3.54. The van der Waals surface area contributed by atoms with Gasteiger partial charge in [-0.1, -0.05) is 214 Å². The van der Waals surface area contributed by atoms with Gasteiger partial charge in [0.25, 0.3) is 0 Å². The molecule has 386 valence electrons. The molecule has 0 spiro atoms. The van der Waals surface area contributed by atoms with Gasteiger partial charge in [-0.05, 0) is 170 Å². The van der Waals surface area contributed by atoms with E-state index in [1.165, 1.54) is 96.9 Å². The van der Waals surface area contributed by atoms with Gasteiger partial charge in [-0.15, -0.1) is 0 Å². The quantitative estimate of drug-likeness (QED) is 0.0695. The summed E-state index contributed by atoms with van der Waals surface area (Å²) in [6.45, 7) is 8.42. The minimum atomic E-state index is 0.555. The summed E-state index contributed by atoms with van der Waals surface area (Å²) in [5.41, 5.74) is 14.8. The van der Waals surface area contributed by atoms with Crippen LogP contribution in [0.1, 0.15) is 115 Å². The molecule has 4 nitrogen and oxygen atoms in total. The van der Waals surface area contributed by atoms with Gasteiger partial charge in [0.2, 0.25) is 5.69 Å². The van der Waals surface area contributed by atoms with Crippen LogP contribution in [0.15, 0.2) is 218 Å². The Kier molecular flexibility index (Phi) is 14.1. The minimum absolute atomic E-state index is 0.555. The topological polar surface area (TPSA) is 34.6 Å². The second-order valence-corrected chi connectivity index (χ2v) is 21.9. The highest BCUT2D eigenvalue weighted by molar-refractivity contribution is 6.16. The molecule has 0 heterocycles. The summed E-state index contributed by atoms with van der Waals surface area (Å²) >= 11 is 0. The van der Waals surface area contributed by atoms with E-state index < -0.39 is 0 Å². The number of benzene rings is 11. The van der Waals surface area contributed by atoms with E-state index in [0.29, 0.717) is 23.1 Å². The van der Waals surface area contributed by atoms with E-state index in [-0.39, 0.29) is 0 Å². The van der Waals surface area contributed by atoms with E-state index in [1.807, 2.05) is 18.2 Å². The molecule has 2 saturated carbocycles. The summed E-state index contributed by atoms with van der Waals surface area (Å²) < 4.78 is 0. The molecule has 0 bridgehead atoms. The van der Waals surface area contributed by atoms with Crippen LogP contribution in [-0.4, -0.2) is 0 Å². The fraction of sp³-hybridized carbons (Fsp3) is 0.158. The van der Waals surface area contributed by atoms with Gasteiger partial charge in [-0.3, -0.25) is 0 Å². The van der Waals surface area contributed by atoms with E-state index in [1.54, 1.807) is 0 Å². The molecule has 13 rings (SSSR count). The Bertz CT molecular complexity index is 3910. The molecule has 2 fully saturated rings. The maximum absolute atomic E-state index is 10.7. The maximum atomic E-state index is 10.7. The fourth-order valence-electron chi connectivity index (χ4n) is 12.9. The van der Waals surface area contributed by atoms with Crippen molar-refractivity contribution in [2.75, 3.05) is 9.80 Å². The Morgan fingerprint density at radius 1 is 0.375 bits per heavy atom. The molecule has 80 heavy (non-hydrogen) atoms. The monoisotopic (exact) mass is 1030 g/mol. The van der Waals surface area contributed by atoms with Crippen molar-refractivity contribution in [2.24, 2.45) is 0 Å². The van der Waals surface area contributed by atoms with Crippen LogP contribution in [0.3, 0.4) is 0 Å². The molecule has 11 aromatic rings. The molecule has 0 saturated heterocycles. The van der Waals surface area contributed by atoms with E-state index >= 15 is 0 Å². The molecule has 0 N–H and O–H groups in total. The SMILES string of the molecule is [C-]#[N+]c1c2ccc(C=Cc3ccc(N(c4ccc(C5CCCCC5)cc4)c4cccc5ccccc45)cc3)cc2c(C#N)c2ccc(C=Cc3ccc(N(c4ccc(C5CCCCC5)cc4)c4cccc5ccccc45)cc3)cc12. The predicted octanol–water partition coefficient (Wildman–Crippen LogP) is 22.1. The maximum Gasteiger partial charge on any atom is 0.202 e. The van der Waals surface area contributed by atoms with Crippen LogP contribution in [0.2, 0.25) is 0 Å². The number of hydrogen-bond donors (Lipinski definition) is 0. The van der Waals surface area contributed by atoms with Crippen LogP contribution in [0, 0.1) is 17.9 Å². The van der Waals surface area contributed by atoms with Gasteiger partial charge in [0.1, 0.15) is 6.07 Å². The molecular formula is C76H62N4. The molecular weight excluding hydrogens is 969 g/mol. The molecule has 0 aliphatic heterocycles. The number of nitrogens with zero attached hydrogens (tertiary/aromatic N) is 4. The van der Waals surface area contributed by atoms with Crippen molar-refractivity contribution in [1.29, 1.82) is 5.26 Å². The lowest BCUT2D eigenvalue weighted by molar-refractivity contribution is 0.443. The molecule has 0 amide bonds. The summed E-state index contributed by atoms with van der Waals surface area (Å²) in [6.07, 6.45) is 21.5. The Morgan fingerprint density at radius 3 is 1.21 bits per heavy atom. The normalized spacial score (nSPS) is 14.3. The second-order valence-electron chi connectivity index (χ2n) is 21.9. The highest BCUT2D eigenvalue weighted by Crippen LogP contribution is 2.44. The minimum Gasteiger partial charge on any atom is -0.310 e. The lowest BCUT2D eigenvalue weighted by Gasteiger charge is -2.28. The van der Waals surface area contributed by atoms with Crippen LogP contribution < -0.4 is 9.80 Å². The van der Waals surface area contributed by atoms with Crippen molar-refractivity contribution >= 4 is 107 Å². The Labute approximate surface area is 470 Å². The van der Waals surface area contributed by atoms with Gasteiger partial charge in [-0.2, -0.15) is 5.26 Å². The molecule has 0 radical (unpaired) electrons. The zero-order valence-corrected chi connectivity index (χ0v) is 45.1. The Balaban J connectivity index is 0.760. The summed E-state index contributed by atoms with van der Waals surface area (Å²) in [7, 11) is 0. The van der Waals surface area contributed by atoms with Crippen LogP contribution >= 0.6 is 0 Å². The van der Waals surface area contributed by atoms with E-state index in [0.717, 1.165) is 77.9 Å². The number of anilines is 6. The van der Waals surface area contributed by atoms with Crippen molar-refractivity contribution in [2.45, 2.75) is 76.0 Å². The van der Waals surface area contributed by atoms with Gasteiger partial charge >= 0.3 is 0 Å². The van der Waals surface area contributed by atoms with Gasteiger partial charge in [0.05, 0.1) is 23.5 Å². The molecule has 2 aliphatic carbocycles. The van der Waals surface area contributed by atoms with Crippen molar-refractivity contribution < 1.29 is 0 Å². The molecule has 0 atom stereocenters. The number of hydrogen-bond acceptors (Lipinski definition) is 3. The third-order valence-corrected chi connectivity index (χ3v) is 17.1. The largest absolute Gasteiger partial charge is 0.310 e. The average molecular weight is 1030 g/mol. The number of fused-ring (bicyclic) bond motifs is 4. The highest BCUT2D eigenvalue weighted by atomic mass is 15.1. The summed E-state index contributed by atoms with van der Waals surface area (Å²) in [5, 5.41) is 18.7. The summed E-state index contributed by atoms with van der Waals surface area (Å²) in [5.74, 6) is 1.30. The summed E-state index contributed by atoms with van der Waals surface area (Å²) in [6, 6.07) is 81.2. The summed E-state index contributed by atoms with van der Waals surface area (Å²) in [4.78, 5) is 8.86. The van der Waals surface area contributed by atoms with E-state index in [2.05, 4.69) is 245 Å². The first-order valence-electron chi connectivity index (χ1n) is 28.7. The first kappa shape index (κ1) is 50.1. The third kappa shape index (κ3) is 10.0. The molecule has 4 heteroatoms. The van der Waals surface area contributed by atoms with Crippen LogP contribution in [0.25, 0.3) is 72.2 Å². The lowest BCUT2D eigenvalue weighted by atomic mass is 9.84. The van der Waals surface area contributed by atoms with Crippen molar-refractivity contribution in [3.05, 3.63) is 269 Å². The van der Waals surface area contributed by atoms with Crippen LogP contribution in [0.5, 0.6) is 0 Å². The highest BCUT2D eigenvalue weighted by Gasteiger charge is 2.22. The zero-order chi connectivity index (χ0) is 53.8. The smallest absolute Gasteiger partial charge is 0.202 e. The van der Waals surface area contributed by atoms with Crippen LogP contribution in [-0.2, 0) is 0 Å². The van der Waals surface area contributed by atoms with Crippen LogP contribution in [0.4, 0.5) is 39.8 Å². The Morgan fingerprint density at radius 2 is 0.762 bits per heavy atom. The molecule has 0 unspecified atom stereocenters. The second kappa shape index (κ2) is 22.5. The Hall–Kier alpha value is -9.48. The number of rotatable bonds is 12.